The summed E-state index contributed by atoms with van der Waals surface area (Å²) in [5.41, 5.74) is 0.726. The van der Waals surface area contributed by atoms with Crippen LogP contribution in [0, 0.1) is 5.92 Å². The van der Waals surface area contributed by atoms with E-state index in [1.165, 1.54) is 12.1 Å². The van der Waals surface area contributed by atoms with E-state index in [0.29, 0.717) is 41.9 Å². The lowest BCUT2D eigenvalue weighted by molar-refractivity contribution is 0.0548. The summed E-state index contributed by atoms with van der Waals surface area (Å²) < 4.78 is 39.8. The van der Waals surface area contributed by atoms with Gasteiger partial charge in [0.1, 0.15) is 11.5 Å². The number of nitrogens with one attached hydrogen (secondary N) is 1. The molecule has 0 aliphatic carbocycles. The first-order valence-electron chi connectivity index (χ1n) is 11.2. The predicted octanol–water partition coefficient (Wildman–Crippen LogP) is 4.30. The second kappa shape index (κ2) is 9.40. The van der Waals surface area contributed by atoms with Crippen LogP contribution in [0.1, 0.15) is 49.9 Å². The van der Waals surface area contributed by atoms with Crippen molar-refractivity contribution in [2.75, 3.05) is 24.5 Å². The zero-order valence-electron chi connectivity index (χ0n) is 18.5. The summed E-state index contributed by atoms with van der Waals surface area (Å²) in [7, 11) is -3.82. The Labute approximate surface area is 189 Å². The van der Waals surface area contributed by atoms with Crippen LogP contribution >= 0.6 is 0 Å². The summed E-state index contributed by atoms with van der Waals surface area (Å²) in [6.07, 6.45) is 3.90. The van der Waals surface area contributed by atoms with E-state index < -0.39 is 10.0 Å². The topological polar surface area (TPSA) is 84.9 Å². The Morgan fingerprint density at radius 1 is 1.12 bits per heavy atom. The molecule has 8 heteroatoms. The molecular formula is C24H30N2O5S. The van der Waals surface area contributed by atoms with Gasteiger partial charge < -0.3 is 14.4 Å². The fraction of sp³-hybridized carbons (Fsp3) is 0.458. The van der Waals surface area contributed by atoms with Crippen molar-refractivity contribution in [3.8, 4) is 11.5 Å². The van der Waals surface area contributed by atoms with Gasteiger partial charge in [0.05, 0.1) is 23.7 Å². The maximum Gasteiger partial charge on any atom is 0.261 e. The summed E-state index contributed by atoms with van der Waals surface area (Å²) in [4.78, 5) is 15.3. The number of hydrogen-bond donors (Lipinski definition) is 1. The van der Waals surface area contributed by atoms with Gasteiger partial charge in [-0.2, -0.15) is 0 Å². The molecule has 1 amide bonds. The molecule has 2 aromatic carbocycles. The Morgan fingerprint density at radius 2 is 1.91 bits per heavy atom. The normalized spacial score (nSPS) is 18.8. The van der Waals surface area contributed by atoms with Crippen molar-refractivity contribution < 1.29 is 22.7 Å². The number of benzene rings is 2. The fourth-order valence-corrected chi connectivity index (χ4v) is 5.16. The van der Waals surface area contributed by atoms with Gasteiger partial charge in [-0.05, 0) is 67.6 Å². The monoisotopic (exact) mass is 458 g/mol. The minimum atomic E-state index is -3.82. The molecule has 0 bridgehead atoms. The number of nitrogens with zero attached hydrogens (tertiary/aromatic N) is 1. The number of carbonyl (C=O) groups excluding carboxylic acids is 1. The van der Waals surface area contributed by atoms with E-state index in [2.05, 4.69) is 4.72 Å². The van der Waals surface area contributed by atoms with E-state index in [4.69, 9.17) is 9.47 Å². The van der Waals surface area contributed by atoms with Gasteiger partial charge >= 0.3 is 0 Å². The lowest BCUT2D eigenvalue weighted by atomic mass is 9.97. The molecular weight excluding hydrogens is 428 g/mol. The third-order valence-corrected chi connectivity index (χ3v) is 7.17. The molecule has 1 fully saturated rings. The molecule has 4 rings (SSSR count). The number of carbonyl (C=O) groups is 1. The van der Waals surface area contributed by atoms with E-state index in [1.54, 1.807) is 30.3 Å². The molecule has 0 spiro atoms. The van der Waals surface area contributed by atoms with Crippen molar-refractivity contribution >= 4 is 21.6 Å². The van der Waals surface area contributed by atoms with Crippen LogP contribution in [0.4, 0.5) is 5.69 Å². The number of hydrogen-bond acceptors (Lipinski definition) is 5. The highest BCUT2D eigenvalue weighted by Crippen LogP contribution is 2.31. The van der Waals surface area contributed by atoms with Crippen LogP contribution in [-0.4, -0.2) is 45.0 Å². The second-order valence-corrected chi connectivity index (χ2v) is 10.5. The number of ether oxygens (including phenoxy) is 2. The van der Waals surface area contributed by atoms with Gasteiger partial charge in [0.15, 0.2) is 0 Å². The Balaban J connectivity index is 1.54. The van der Waals surface area contributed by atoms with Crippen molar-refractivity contribution in [2.45, 2.75) is 50.5 Å². The first-order chi connectivity index (χ1) is 15.3. The Hall–Kier alpha value is -2.74. The summed E-state index contributed by atoms with van der Waals surface area (Å²) >= 11 is 0. The van der Waals surface area contributed by atoms with Gasteiger partial charge in [-0.3, -0.25) is 9.52 Å². The van der Waals surface area contributed by atoms with E-state index in [9.17, 15) is 13.2 Å². The highest BCUT2D eigenvalue weighted by molar-refractivity contribution is 7.92. The van der Waals surface area contributed by atoms with E-state index in [-0.39, 0.29) is 16.8 Å². The Kier molecular flexibility index (Phi) is 6.60. The van der Waals surface area contributed by atoms with Crippen LogP contribution in [0.25, 0.3) is 0 Å². The number of rotatable bonds is 6. The van der Waals surface area contributed by atoms with E-state index >= 15 is 0 Å². The Bertz CT molecular complexity index is 1070. The van der Waals surface area contributed by atoms with Crippen molar-refractivity contribution in [2.24, 2.45) is 5.92 Å². The van der Waals surface area contributed by atoms with Gasteiger partial charge in [0, 0.05) is 24.7 Å². The third-order valence-electron chi connectivity index (χ3n) is 5.78. The average Bonchev–Trinajstić information content (AvgIpc) is 2.77. The van der Waals surface area contributed by atoms with Crippen LogP contribution in [0.2, 0.25) is 0 Å². The van der Waals surface area contributed by atoms with Crippen molar-refractivity contribution in [3.63, 3.8) is 0 Å². The number of anilines is 1. The average molecular weight is 459 g/mol. The lowest BCUT2D eigenvalue weighted by Gasteiger charge is -2.37. The number of sulfonamides is 1. The largest absolute Gasteiger partial charge is 0.493 e. The molecule has 32 heavy (non-hydrogen) atoms. The first-order valence-corrected chi connectivity index (χ1v) is 12.7. The summed E-state index contributed by atoms with van der Waals surface area (Å²) in [5, 5.41) is 0. The third kappa shape index (κ3) is 5.01. The fourth-order valence-electron chi connectivity index (χ4n) is 4.11. The van der Waals surface area contributed by atoms with Gasteiger partial charge in [-0.25, -0.2) is 8.42 Å². The second-order valence-electron chi connectivity index (χ2n) is 8.78. The smallest absolute Gasteiger partial charge is 0.261 e. The van der Waals surface area contributed by atoms with E-state index in [1.807, 2.05) is 18.7 Å². The summed E-state index contributed by atoms with van der Waals surface area (Å²) in [6, 6.07) is 11.4. The van der Waals surface area contributed by atoms with Gasteiger partial charge in [-0.1, -0.05) is 13.8 Å². The van der Waals surface area contributed by atoms with Crippen LogP contribution in [0.15, 0.2) is 47.4 Å². The number of amides is 1. The first kappa shape index (κ1) is 22.5. The summed E-state index contributed by atoms with van der Waals surface area (Å²) in [5.74, 6) is 1.40. The molecule has 0 aromatic heterocycles. The van der Waals surface area contributed by atoms with Gasteiger partial charge in [-0.15, -0.1) is 0 Å². The molecule has 2 aliphatic rings. The maximum atomic E-state index is 13.2. The molecule has 0 radical (unpaired) electrons. The zero-order chi connectivity index (χ0) is 22.7. The quantitative estimate of drug-likeness (QED) is 0.698. The molecule has 1 N–H and O–H groups in total. The van der Waals surface area contributed by atoms with Crippen LogP contribution in [0.5, 0.6) is 11.5 Å². The van der Waals surface area contributed by atoms with Crippen molar-refractivity contribution in [1.82, 2.24) is 4.90 Å². The van der Waals surface area contributed by atoms with E-state index in [0.717, 1.165) is 32.2 Å². The van der Waals surface area contributed by atoms with Gasteiger partial charge in [0.2, 0.25) is 0 Å². The van der Waals surface area contributed by atoms with Gasteiger partial charge in [0.25, 0.3) is 15.9 Å². The minimum absolute atomic E-state index is 0.0999. The molecule has 1 unspecified atom stereocenters. The minimum Gasteiger partial charge on any atom is -0.493 e. The highest BCUT2D eigenvalue weighted by atomic mass is 32.2. The lowest BCUT2D eigenvalue weighted by Crippen LogP contribution is -2.45. The molecule has 7 nitrogen and oxygen atoms in total. The van der Waals surface area contributed by atoms with Crippen molar-refractivity contribution in [1.29, 1.82) is 0 Å². The molecule has 2 heterocycles. The molecule has 1 saturated heterocycles. The Morgan fingerprint density at radius 3 is 2.66 bits per heavy atom. The SMILES string of the molecule is CC(C)COc1ccc(S(=O)(=O)Nc2ccc3c(c2)C(=O)N2CCCCC2CCO3)cc1. The molecule has 2 aliphatic heterocycles. The number of piperidine rings is 1. The summed E-state index contributed by atoms with van der Waals surface area (Å²) in [6.45, 7) is 5.92. The van der Waals surface area contributed by atoms with Crippen LogP contribution in [0.3, 0.4) is 0 Å². The maximum absolute atomic E-state index is 13.2. The molecule has 1 atom stereocenters. The highest BCUT2D eigenvalue weighted by Gasteiger charge is 2.31. The van der Waals surface area contributed by atoms with Crippen LogP contribution in [-0.2, 0) is 10.0 Å². The predicted molar refractivity (Wildman–Crippen MR) is 123 cm³/mol. The zero-order valence-corrected chi connectivity index (χ0v) is 19.4. The van der Waals surface area contributed by atoms with Crippen molar-refractivity contribution in [3.05, 3.63) is 48.0 Å². The standard InChI is InChI=1S/C24H30N2O5S/c1-17(2)16-31-20-7-9-21(10-8-20)32(28,29)25-18-6-11-23-22(15-18)24(27)26-13-4-3-5-19(26)12-14-30-23/h6-11,15,17,19,25H,3-5,12-14,16H2,1-2H3. The molecule has 2 aromatic rings. The molecule has 172 valence electrons. The number of fused-ring (bicyclic) bond motifs is 2. The van der Waals surface area contributed by atoms with Crippen LogP contribution < -0.4 is 14.2 Å². The molecule has 0 saturated carbocycles.